The van der Waals surface area contributed by atoms with Crippen molar-refractivity contribution in [3.05, 3.63) is 41.5 Å². The number of aromatic nitrogens is 3. The van der Waals surface area contributed by atoms with E-state index in [1.807, 2.05) is 0 Å². The molecule has 9 nitrogen and oxygen atoms in total. The average Bonchev–Trinajstić information content (AvgIpc) is 3.07. The van der Waals surface area contributed by atoms with Crippen LogP contribution in [-0.4, -0.2) is 47.1 Å². The topological polar surface area (TPSA) is 112 Å². The second-order valence-electron chi connectivity index (χ2n) is 5.13. The molecule has 26 heavy (non-hydrogen) atoms. The maximum absolute atomic E-state index is 13.0. The highest BCUT2D eigenvalue weighted by Crippen LogP contribution is 2.20. The Morgan fingerprint density at radius 2 is 1.77 bits per heavy atom. The summed E-state index contributed by atoms with van der Waals surface area (Å²) in [5.74, 6) is -2.73. The predicted octanol–water partition coefficient (Wildman–Crippen LogP) is 1.58. The maximum Gasteiger partial charge on any atom is 0.361 e. The molecule has 0 fully saturated rings. The van der Waals surface area contributed by atoms with E-state index in [1.54, 1.807) is 6.92 Å². The Labute approximate surface area is 148 Å². The highest BCUT2D eigenvalue weighted by molar-refractivity contribution is 6.01. The van der Waals surface area contributed by atoms with Gasteiger partial charge in [0.25, 0.3) is 0 Å². The number of amides is 1. The number of carbonyl (C=O) groups excluding carboxylic acids is 3. The number of halogens is 1. The number of rotatable bonds is 6. The molecule has 0 spiro atoms. The fourth-order valence-corrected chi connectivity index (χ4v) is 2.26. The molecule has 2 rings (SSSR count). The zero-order valence-electron chi connectivity index (χ0n) is 14.4. The molecule has 0 unspecified atom stereocenters. The van der Waals surface area contributed by atoms with Crippen molar-refractivity contribution in [1.29, 1.82) is 0 Å². The predicted molar refractivity (Wildman–Crippen MR) is 87.1 cm³/mol. The van der Waals surface area contributed by atoms with Gasteiger partial charge in [0.1, 0.15) is 11.9 Å². The van der Waals surface area contributed by atoms with Crippen molar-refractivity contribution in [2.75, 3.05) is 19.5 Å². The van der Waals surface area contributed by atoms with Gasteiger partial charge in [-0.15, -0.1) is 5.10 Å². The minimum Gasteiger partial charge on any atom is -0.464 e. The number of carbonyl (C=O) groups is 3. The quantitative estimate of drug-likeness (QED) is 0.774. The number of nitrogens with zero attached hydrogens (tertiary/aromatic N) is 3. The Morgan fingerprint density at radius 3 is 2.31 bits per heavy atom. The molecule has 2 aromatic rings. The summed E-state index contributed by atoms with van der Waals surface area (Å²) in [6, 6.07) is 4.22. The van der Waals surface area contributed by atoms with E-state index in [0.717, 1.165) is 18.9 Å². The van der Waals surface area contributed by atoms with Crippen LogP contribution in [0.25, 0.3) is 0 Å². The van der Waals surface area contributed by atoms with Gasteiger partial charge in [-0.05, 0) is 30.7 Å². The van der Waals surface area contributed by atoms with Crippen molar-refractivity contribution in [2.45, 2.75) is 19.4 Å². The van der Waals surface area contributed by atoms with Gasteiger partial charge < -0.3 is 14.8 Å². The monoisotopic (exact) mass is 364 g/mol. The molecular weight excluding hydrogens is 347 g/mol. The smallest absolute Gasteiger partial charge is 0.361 e. The van der Waals surface area contributed by atoms with Crippen LogP contribution in [0.3, 0.4) is 0 Å². The summed E-state index contributed by atoms with van der Waals surface area (Å²) in [6.07, 6.45) is 0.237. The van der Waals surface area contributed by atoms with E-state index in [9.17, 15) is 18.8 Å². The Balaban J connectivity index is 2.38. The minimum absolute atomic E-state index is 0.237. The molecule has 0 radical (unpaired) electrons. The lowest BCUT2D eigenvalue weighted by molar-refractivity contribution is -0.119. The Bertz CT molecular complexity index is 819. The summed E-state index contributed by atoms with van der Waals surface area (Å²) in [5.41, 5.74) is -0.282. The Morgan fingerprint density at radius 1 is 1.15 bits per heavy atom. The van der Waals surface area contributed by atoms with Crippen molar-refractivity contribution in [3.63, 3.8) is 0 Å². The third kappa shape index (κ3) is 3.85. The average molecular weight is 364 g/mol. The minimum atomic E-state index is -0.958. The van der Waals surface area contributed by atoms with Gasteiger partial charge in [-0.25, -0.2) is 18.7 Å². The second kappa shape index (κ2) is 8.19. The number of methoxy groups -OCH3 is 2. The van der Waals surface area contributed by atoms with Gasteiger partial charge in [-0.3, -0.25) is 4.79 Å². The molecule has 138 valence electrons. The molecule has 0 aliphatic rings. The SMILES string of the molecule is CC[C@@H](C(=O)Nc1ccc(F)cc1)n1nnc(C(=O)OC)c1C(=O)OC. The van der Waals surface area contributed by atoms with E-state index in [1.165, 1.54) is 24.3 Å². The third-order valence-corrected chi connectivity index (χ3v) is 3.55. The first kappa shape index (κ1) is 19.0. The lowest BCUT2D eigenvalue weighted by atomic mass is 10.2. The lowest BCUT2D eigenvalue weighted by Crippen LogP contribution is -2.29. The molecule has 10 heteroatoms. The first-order chi connectivity index (χ1) is 12.4. The molecule has 0 aliphatic heterocycles. The third-order valence-electron chi connectivity index (χ3n) is 3.55. The molecular formula is C16H17FN4O5. The van der Waals surface area contributed by atoms with Gasteiger partial charge >= 0.3 is 11.9 Å². The molecule has 1 heterocycles. The van der Waals surface area contributed by atoms with Gasteiger partial charge in [0.15, 0.2) is 5.69 Å². The van der Waals surface area contributed by atoms with Crippen molar-refractivity contribution >= 4 is 23.5 Å². The standard InChI is InChI=1S/C16H17FN4O5/c1-4-11(14(22)18-10-7-5-9(17)6-8-10)21-13(16(24)26-3)12(19-20-21)15(23)25-2/h5-8,11H,4H2,1-3H3,(H,18,22)/t11-/m0/s1. The van der Waals surface area contributed by atoms with Crippen LogP contribution >= 0.6 is 0 Å². The van der Waals surface area contributed by atoms with Crippen LogP contribution in [0.4, 0.5) is 10.1 Å². The van der Waals surface area contributed by atoms with Crippen LogP contribution in [0.15, 0.2) is 24.3 Å². The van der Waals surface area contributed by atoms with Gasteiger partial charge in [0.05, 0.1) is 14.2 Å². The van der Waals surface area contributed by atoms with Crippen LogP contribution < -0.4 is 5.32 Å². The Hall–Kier alpha value is -3.30. The number of hydrogen-bond donors (Lipinski definition) is 1. The zero-order chi connectivity index (χ0) is 19.3. The number of esters is 2. The first-order valence-electron chi connectivity index (χ1n) is 7.61. The normalized spacial score (nSPS) is 11.5. The molecule has 0 saturated carbocycles. The van der Waals surface area contributed by atoms with E-state index in [4.69, 9.17) is 0 Å². The van der Waals surface area contributed by atoms with Crippen LogP contribution in [-0.2, 0) is 14.3 Å². The number of benzene rings is 1. The van der Waals surface area contributed by atoms with Gasteiger partial charge in [0.2, 0.25) is 11.6 Å². The van der Waals surface area contributed by atoms with Crippen molar-refractivity contribution in [3.8, 4) is 0 Å². The summed E-state index contributed by atoms with van der Waals surface area (Å²) in [7, 11) is 2.25. The van der Waals surface area contributed by atoms with Gasteiger partial charge in [-0.2, -0.15) is 0 Å². The van der Waals surface area contributed by atoms with Gasteiger partial charge in [0, 0.05) is 5.69 Å². The highest BCUT2D eigenvalue weighted by atomic mass is 19.1. The highest BCUT2D eigenvalue weighted by Gasteiger charge is 2.32. The van der Waals surface area contributed by atoms with E-state index in [2.05, 4.69) is 25.1 Å². The van der Waals surface area contributed by atoms with Crippen LogP contribution in [0.5, 0.6) is 0 Å². The number of hydrogen-bond acceptors (Lipinski definition) is 7. The molecule has 1 amide bonds. The van der Waals surface area contributed by atoms with Crippen LogP contribution in [0, 0.1) is 5.82 Å². The second-order valence-corrected chi connectivity index (χ2v) is 5.13. The van der Waals surface area contributed by atoms with Crippen LogP contribution in [0.1, 0.15) is 40.4 Å². The zero-order valence-corrected chi connectivity index (χ0v) is 14.4. The first-order valence-corrected chi connectivity index (χ1v) is 7.61. The molecule has 0 saturated heterocycles. The fraction of sp³-hybridized carbons (Fsp3) is 0.312. The Kier molecular flexibility index (Phi) is 5.99. The van der Waals surface area contributed by atoms with E-state index in [-0.39, 0.29) is 17.8 Å². The maximum atomic E-state index is 13.0. The summed E-state index contributed by atoms with van der Waals surface area (Å²) in [6.45, 7) is 1.69. The molecule has 0 aliphatic carbocycles. The fourth-order valence-electron chi connectivity index (χ4n) is 2.26. The van der Waals surface area contributed by atoms with Crippen molar-refractivity contribution in [1.82, 2.24) is 15.0 Å². The molecule has 1 aromatic carbocycles. The number of anilines is 1. The van der Waals surface area contributed by atoms with Gasteiger partial charge in [-0.1, -0.05) is 12.1 Å². The summed E-state index contributed by atoms with van der Waals surface area (Å²) < 4.78 is 23.2. The molecule has 1 atom stereocenters. The summed E-state index contributed by atoms with van der Waals surface area (Å²) in [5, 5.41) is 9.97. The molecule has 0 bridgehead atoms. The molecule has 1 aromatic heterocycles. The summed E-state index contributed by atoms with van der Waals surface area (Å²) >= 11 is 0. The lowest BCUT2D eigenvalue weighted by Gasteiger charge is -2.17. The van der Waals surface area contributed by atoms with E-state index in [0.29, 0.717) is 5.69 Å². The van der Waals surface area contributed by atoms with Crippen molar-refractivity contribution < 1.29 is 28.2 Å². The van der Waals surface area contributed by atoms with E-state index < -0.39 is 29.7 Å². The summed E-state index contributed by atoms with van der Waals surface area (Å²) in [4.78, 5) is 36.4. The van der Waals surface area contributed by atoms with Crippen LogP contribution in [0.2, 0.25) is 0 Å². The number of nitrogens with one attached hydrogen (secondary N) is 1. The number of ether oxygens (including phenoxy) is 2. The van der Waals surface area contributed by atoms with Crippen molar-refractivity contribution in [2.24, 2.45) is 0 Å². The molecule has 1 N–H and O–H groups in total. The largest absolute Gasteiger partial charge is 0.464 e. The van der Waals surface area contributed by atoms with E-state index >= 15 is 0 Å².